The third-order valence-corrected chi connectivity index (χ3v) is 4.15. The fraction of sp³-hybridized carbons (Fsp3) is 0.375. The monoisotopic (exact) mass is 340 g/mol. The number of carbonyl (C=O) groups is 1. The Bertz CT molecular complexity index is 923. The molecule has 0 aliphatic heterocycles. The van der Waals surface area contributed by atoms with Crippen LogP contribution in [-0.4, -0.2) is 23.3 Å². The van der Waals surface area contributed by atoms with Gasteiger partial charge < -0.3 is 15.0 Å². The molecule has 0 bridgehead atoms. The summed E-state index contributed by atoms with van der Waals surface area (Å²) in [4.78, 5) is 24.6. The number of hydrogen-bond acceptors (Lipinski definition) is 4. The number of nitrogens with zero attached hydrogens (tertiary/aromatic N) is 1. The zero-order valence-corrected chi connectivity index (χ0v) is 13.0. The molecule has 2 aromatic rings. The lowest BCUT2D eigenvalue weighted by molar-refractivity contribution is 0.0524. The van der Waals surface area contributed by atoms with Crippen LogP contribution in [0, 0.1) is 18.6 Å². The first-order chi connectivity index (χ1) is 11.3. The number of aryl methyl sites for hydroxylation is 1. The summed E-state index contributed by atoms with van der Waals surface area (Å²) >= 11 is 0. The molecule has 0 spiro atoms. The van der Waals surface area contributed by atoms with E-state index in [9.17, 15) is 22.8 Å². The second kappa shape index (κ2) is 5.54. The highest BCUT2D eigenvalue weighted by Gasteiger charge is 2.41. The molecular weight excluding hydrogens is 325 g/mol. The van der Waals surface area contributed by atoms with Crippen LogP contribution in [0.5, 0.6) is 0 Å². The quantitative estimate of drug-likeness (QED) is 0.688. The van der Waals surface area contributed by atoms with Gasteiger partial charge in [-0.1, -0.05) is 0 Å². The van der Waals surface area contributed by atoms with Crippen LogP contribution in [0.1, 0.15) is 35.3 Å². The number of esters is 1. The summed E-state index contributed by atoms with van der Waals surface area (Å²) in [6, 6.07) is -0.663. The predicted molar refractivity (Wildman–Crippen MR) is 81.8 cm³/mol. The maximum atomic E-state index is 14.0. The van der Waals surface area contributed by atoms with Crippen LogP contribution in [0.25, 0.3) is 10.9 Å². The first-order valence-corrected chi connectivity index (χ1v) is 7.42. The molecule has 0 amide bonds. The number of ether oxygens (including phenoxy) is 1. The molecule has 128 valence electrons. The molecule has 1 heterocycles. The van der Waals surface area contributed by atoms with Gasteiger partial charge in [0.05, 0.1) is 29.2 Å². The van der Waals surface area contributed by atoms with E-state index in [1.54, 1.807) is 6.92 Å². The van der Waals surface area contributed by atoms with Gasteiger partial charge in [0.2, 0.25) is 5.43 Å². The number of pyridine rings is 1. The minimum absolute atomic E-state index is 0.00500. The van der Waals surface area contributed by atoms with E-state index < -0.39 is 40.9 Å². The van der Waals surface area contributed by atoms with Crippen molar-refractivity contribution in [3.63, 3.8) is 0 Å². The molecule has 2 atom stereocenters. The van der Waals surface area contributed by atoms with E-state index in [0.717, 1.165) is 6.20 Å². The first-order valence-electron chi connectivity index (χ1n) is 7.42. The summed E-state index contributed by atoms with van der Waals surface area (Å²) in [6.45, 7) is 2.86. The minimum atomic E-state index is -1.36. The van der Waals surface area contributed by atoms with Crippen LogP contribution >= 0.6 is 0 Å². The summed E-state index contributed by atoms with van der Waals surface area (Å²) in [5, 5.41) is -0.337. The fourth-order valence-corrected chi connectivity index (χ4v) is 2.82. The van der Waals surface area contributed by atoms with Crippen molar-refractivity contribution in [3.05, 3.63) is 39.2 Å². The van der Waals surface area contributed by atoms with Crippen molar-refractivity contribution >= 4 is 22.6 Å². The van der Waals surface area contributed by atoms with Crippen LogP contribution < -0.4 is 11.2 Å². The van der Waals surface area contributed by atoms with Crippen LogP contribution in [-0.2, 0) is 4.74 Å². The Labute approximate surface area is 134 Å². The van der Waals surface area contributed by atoms with E-state index in [2.05, 4.69) is 0 Å². The van der Waals surface area contributed by atoms with Crippen LogP contribution in [0.15, 0.2) is 11.0 Å². The van der Waals surface area contributed by atoms with Gasteiger partial charge in [0.15, 0.2) is 11.6 Å². The number of fused-ring (bicyclic) bond motifs is 1. The average molecular weight is 340 g/mol. The smallest absolute Gasteiger partial charge is 0.343 e. The summed E-state index contributed by atoms with van der Waals surface area (Å²) in [5.41, 5.74) is 3.46. The molecule has 0 radical (unpaired) electrons. The van der Waals surface area contributed by atoms with Crippen molar-refractivity contribution in [3.8, 4) is 0 Å². The normalized spacial score (nSPS) is 19.5. The molecule has 24 heavy (non-hydrogen) atoms. The second-order valence-corrected chi connectivity index (χ2v) is 5.71. The molecule has 1 aliphatic rings. The molecule has 2 N–H and O–H groups in total. The Kier molecular flexibility index (Phi) is 3.77. The van der Waals surface area contributed by atoms with E-state index in [4.69, 9.17) is 10.5 Å². The lowest BCUT2D eigenvalue weighted by atomic mass is 10.0. The molecule has 1 saturated carbocycles. The molecule has 8 heteroatoms. The number of halogens is 3. The number of nitrogens with two attached hydrogens (primary N) is 1. The summed E-state index contributed by atoms with van der Waals surface area (Å²) in [7, 11) is 0. The van der Waals surface area contributed by atoms with Gasteiger partial charge in [-0.3, -0.25) is 4.79 Å². The first kappa shape index (κ1) is 16.4. The predicted octanol–water partition coefficient (Wildman–Crippen LogP) is 2.63. The Morgan fingerprint density at radius 1 is 1.42 bits per heavy atom. The highest BCUT2D eigenvalue weighted by atomic mass is 19.2. The SMILES string of the molecule is CCOC(=O)c1cn([C@@H]2C[C@@H]2F)c2c(C)c(F)c(F)c(N)c2c1=O. The zero-order chi connectivity index (χ0) is 17.8. The van der Waals surface area contributed by atoms with Crippen LogP contribution in [0.2, 0.25) is 0 Å². The Balaban J connectivity index is 2.45. The number of aromatic nitrogens is 1. The number of alkyl halides is 1. The van der Waals surface area contributed by atoms with E-state index in [1.165, 1.54) is 11.5 Å². The molecule has 1 aromatic heterocycles. The van der Waals surface area contributed by atoms with Gasteiger partial charge in [-0.05, 0) is 13.8 Å². The fourth-order valence-electron chi connectivity index (χ4n) is 2.82. The highest BCUT2D eigenvalue weighted by molar-refractivity contribution is 5.99. The van der Waals surface area contributed by atoms with Crippen molar-refractivity contribution in [2.75, 3.05) is 12.3 Å². The van der Waals surface area contributed by atoms with Gasteiger partial charge in [-0.25, -0.2) is 18.0 Å². The van der Waals surface area contributed by atoms with E-state index in [1.807, 2.05) is 0 Å². The van der Waals surface area contributed by atoms with E-state index in [0.29, 0.717) is 0 Å². The molecular formula is C16H15F3N2O3. The molecule has 3 rings (SSSR count). The number of rotatable bonds is 3. The van der Waals surface area contributed by atoms with Crippen molar-refractivity contribution in [1.29, 1.82) is 0 Å². The molecule has 5 nitrogen and oxygen atoms in total. The molecule has 1 aliphatic carbocycles. The van der Waals surface area contributed by atoms with E-state index >= 15 is 0 Å². The topological polar surface area (TPSA) is 74.3 Å². The minimum Gasteiger partial charge on any atom is -0.462 e. The summed E-state index contributed by atoms with van der Waals surface area (Å²) < 4.78 is 47.7. The number of nitrogen functional groups attached to an aromatic ring is 1. The van der Waals surface area contributed by atoms with Gasteiger partial charge in [0.1, 0.15) is 11.7 Å². The third-order valence-electron chi connectivity index (χ3n) is 4.15. The lowest BCUT2D eigenvalue weighted by Crippen LogP contribution is -2.23. The number of benzene rings is 1. The summed E-state index contributed by atoms with van der Waals surface area (Å²) in [6.07, 6.45) is 0.0921. The van der Waals surface area contributed by atoms with Crippen molar-refractivity contribution in [2.24, 2.45) is 0 Å². The van der Waals surface area contributed by atoms with E-state index in [-0.39, 0.29) is 35.1 Å². The van der Waals surface area contributed by atoms with Gasteiger partial charge >= 0.3 is 5.97 Å². The lowest BCUT2D eigenvalue weighted by Gasteiger charge is -2.16. The van der Waals surface area contributed by atoms with Crippen molar-refractivity contribution in [2.45, 2.75) is 32.5 Å². The van der Waals surface area contributed by atoms with Crippen LogP contribution in [0.3, 0.4) is 0 Å². The maximum absolute atomic E-state index is 14.0. The molecule has 0 unspecified atom stereocenters. The third kappa shape index (κ3) is 2.24. The largest absolute Gasteiger partial charge is 0.462 e. The van der Waals surface area contributed by atoms with Crippen molar-refractivity contribution < 1.29 is 22.7 Å². The zero-order valence-electron chi connectivity index (χ0n) is 13.0. The standard InChI is InChI=1S/C16H15F3N2O3/c1-3-24-16(23)7-5-21(9-4-8(9)17)14-6(2)11(18)12(19)13(20)10(14)15(7)22/h5,8-9H,3-4,20H2,1-2H3/t8-,9+/m0/s1. The van der Waals surface area contributed by atoms with Gasteiger partial charge in [0.25, 0.3) is 0 Å². The molecule has 1 aromatic carbocycles. The number of carbonyl (C=O) groups excluding carboxylic acids is 1. The second-order valence-electron chi connectivity index (χ2n) is 5.71. The molecule has 0 saturated heterocycles. The Morgan fingerprint density at radius 3 is 2.58 bits per heavy atom. The average Bonchev–Trinajstić information content (AvgIpc) is 3.27. The van der Waals surface area contributed by atoms with Gasteiger partial charge in [0, 0.05) is 18.2 Å². The number of anilines is 1. The van der Waals surface area contributed by atoms with Crippen LogP contribution in [0.4, 0.5) is 18.9 Å². The van der Waals surface area contributed by atoms with Gasteiger partial charge in [-0.2, -0.15) is 0 Å². The summed E-state index contributed by atoms with van der Waals surface area (Å²) in [5.74, 6) is -3.48. The Hall–Kier alpha value is -2.51. The van der Waals surface area contributed by atoms with Crippen molar-refractivity contribution in [1.82, 2.24) is 4.57 Å². The maximum Gasteiger partial charge on any atom is 0.343 e. The highest BCUT2D eigenvalue weighted by Crippen LogP contribution is 2.42. The van der Waals surface area contributed by atoms with Gasteiger partial charge in [-0.15, -0.1) is 0 Å². The molecule has 1 fully saturated rings. The Morgan fingerprint density at radius 2 is 2.04 bits per heavy atom. The number of hydrogen-bond donors (Lipinski definition) is 1.